The molecule has 0 atom stereocenters. The molecule has 1 aliphatic carbocycles. The molecule has 2 N–H and O–H groups in total. The zero-order valence-corrected chi connectivity index (χ0v) is 14.3. The van der Waals surface area contributed by atoms with E-state index in [4.69, 9.17) is 14.6 Å². The van der Waals surface area contributed by atoms with Gasteiger partial charge >= 0.3 is 6.01 Å². The summed E-state index contributed by atoms with van der Waals surface area (Å²) in [4.78, 5) is 8.79. The molecule has 1 aliphatic rings. The van der Waals surface area contributed by atoms with E-state index in [-0.39, 0.29) is 11.8 Å². The van der Waals surface area contributed by atoms with Crippen LogP contribution in [-0.4, -0.2) is 33.9 Å². The van der Waals surface area contributed by atoms with Gasteiger partial charge in [0.1, 0.15) is 12.7 Å². The Labute approximate surface area is 145 Å². The van der Waals surface area contributed by atoms with Crippen LogP contribution in [0.1, 0.15) is 28.9 Å². The minimum atomic E-state index is 0.148. The van der Waals surface area contributed by atoms with Crippen molar-refractivity contribution in [3.8, 4) is 29.2 Å². The summed E-state index contributed by atoms with van der Waals surface area (Å²) in [6, 6.07) is 6.02. The molecule has 1 aromatic carbocycles. The zero-order chi connectivity index (χ0) is 18.0. The van der Waals surface area contributed by atoms with E-state index in [0.29, 0.717) is 18.8 Å². The highest BCUT2D eigenvalue weighted by Gasteiger charge is 2.31. The Morgan fingerprint density at radius 3 is 2.40 bits per heavy atom. The Morgan fingerprint density at radius 1 is 1.08 bits per heavy atom. The van der Waals surface area contributed by atoms with Crippen molar-refractivity contribution in [2.45, 2.75) is 20.3 Å². The van der Waals surface area contributed by atoms with Gasteiger partial charge in [-0.25, -0.2) is 0 Å². The Kier molecular flexibility index (Phi) is 4.48. The third-order valence-electron chi connectivity index (χ3n) is 4.02. The summed E-state index contributed by atoms with van der Waals surface area (Å²) < 4.78 is 10.7. The fourth-order valence-electron chi connectivity index (χ4n) is 2.98. The maximum atomic E-state index is 10.3. The standard InChI is InChI=1S/C19H18N2O4/c1-11-15(12(2)21-19(20-11)25-10-5-4-9-22)13-7-6-8-14-16(13)17(23)18(14)24-3/h6-8,22-23H,5,10H2,1-3H3. The third kappa shape index (κ3) is 2.85. The molecule has 1 aromatic heterocycles. The van der Waals surface area contributed by atoms with E-state index in [0.717, 1.165) is 33.6 Å². The van der Waals surface area contributed by atoms with Crippen molar-refractivity contribution < 1.29 is 19.7 Å². The van der Waals surface area contributed by atoms with E-state index < -0.39 is 0 Å². The van der Waals surface area contributed by atoms with Crippen LogP contribution in [0.2, 0.25) is 0 Å². The quantitative estimate of drug-likeness (QED) is 0.643. The monoisotopic (exact) mass is 338 g/mol. The second kappa shape index (κ2) is 6.73. The maximum Gasteiger partial charge on any atom is 0.316 e. The van der Waals surface area contributed by atoms with E-state index in [9.17, 15) is 5.11 Å². The predicted molar refractivity (Wildman–Crippen MR) is 93.2 cm³/mol. The smallest absolute Gasteiger partial charge is 0.316 e. The summed E-state index contributed by atoms with van der Waals surface area (Å²) in [6.07, 6.45) is 2.22. The lowest BCUT2D eigenvalue weighted by Crippen LogP contribution is -2.11. The molecule has 0 amide bonds. The van der Waals surface area contributed by atoms with Crippen molar-refractivity contribution in [2.75, 3.05) is 13.7 Å². The van der Waals surface area contributed by atoms with Gasteiger partial charge in [-0.3, -0.25) is 0 Å². The number of benzene rings is 1. The zero-order valence-electron chi connectivity index (χ0n) is 14.3. The molecule has 128 valence electrons. The number of methoxy groups -OCH3 is 1. The van der Waals surface area contributed by atoms with Crippen LogP contribution in [0.15, 0.2) is 18.2 Å². The molecule has 25 heavy (non-hydrogen) atoms. The first-order chi connectivity index (χ1) is 12.1. The lowest BCUT2D eigenvalue weighted by molar-refractivity contribution is 0.299. The van der Waals surface area contributed by atoms with Crippen LogP contribution < -0.4 is 4.74 Å². The Balaban J connectivity index is 1.96. The van der Waals surface area contributed by atoms with Crippen LogP contribution in [-0.2, 0) is 4.74 Å². The summed E-state index contributed by atoms with van der Waals surface area (Å²) >= 11 is 0. The van der Waals surface area contributed by atoms with Crippen LogP contribution >= 0.6 is 0 Å². The number of nitrogens with zero attached hydrogens (tertiary/aromatic N) is 2. The molecular weight excluding hydrogens is 320 g/mol. The van der Waals surface area contributed by atoms with Crippen LogP contribution in [0, 0.1) is 25.9 Å². The lowest BCUT2D eigenvalue weighted by atomic mass is 9.85. The molecule has 0 spiro atoms. The van der Waals surface area contributed by atoms with E-state index in [1.807, 2.05) is 38.2 Å². The van der Waals surface area contributed by atoms with Crippen molar-refractivity contribution in [2.24, 2.45) is 0 Å². The van der Waals surface area contributed by atoms with E-state index in [1.165, 1.54) is 7.11 Å². The van der Waals surface area contributed by atoms with Gasteiger partial charge in [0.25, 0.3) is 0 Å². The van der Waals surface area contributed by atoms with Gasteiger partial charge in [-0.2, -0.15) is 9.97 Å². The highest BCUT2D eigenvalue weighted by atomic mass is 16.5. The van der Waals surface area contributed by atoms with Crippen LogP contribution in [0.4, 0.5) is 0 Å². The first-order valence-corrected chi connectivity index (χ1v) is 7.79. The summed E-state index contributed by atoms with van der Waals surface area (Å²) in [7, 11) is 1.54. The molecule has 2 aromatic rings. The second-order valence-electron chi connectivity index (χ2n) is 5.55. The first kappa shape index (κ1) is 16.7. The van der Waals surface area contributed by atoms with E-state index >= 15 is 0 Å². The molecule has 0 fully saturated rings. The summed E-state index contributed by atoms with van der Waals surface area (Å²) in [5.74, 6) is 3.15. The Hall–Kier alpha value is -3.20. The third-order valence-corrected chi connectivity index (χ3v) is 4.02. The lowest BCUT2D eigenvalue weighted by Gasteiger charge is -2.25. The fraction of sp³-hybridized carbons (Fsp3) is 0.263. The van der Waals surface area contributed by atoms with Crippen molar-refractivity contribution in [3.63, 3.8) is 0 Å². The van der Waals surface area contributed by atoms with E-state index in [1.54, 1.807) is 0 Å². The number of hydrogen-bond donors (Lipinski definition) is 2. The molecule has 6 nitrogen and oxygen atoms in total. The number of aliphatic hydroxyl groups is 2. The molecule has 3 rings (SSSR count). The predicted octanol–water partition coefficient (Wildman–Crippen LogP) is 3.21. The maximum absolute atomic E-state index is 10.3. The largest absolute Gasteiger partial charge is 0.504 e. The molecule has 0 bridgehead atoms. The van der Waals surface area contributed by atoms with Gasteiger partial charge in [-0.05, 0) is 19.4 Å². The van der Waals surface area contributed by atoms with E-state index in [2.05, 4.69) is 15.9 Å². The van der Waals surface area contributed by atoms with Crippen molar-refractivity contribution in [1.29, 1.82) is 0 Å². The molecule has 0 aliphatic heterocycles. The average molecular weight is 338 g/mol. The van der Waals surface area contributed by atoms with Crippen molar-refractivity contribution in [1.82, 2.24) is 9.97 Å². The highest BCUT2D eigenvalue weighted by Crippen LogP contribution is 2.45. The number of rotatable bonds is 5. The number of aromatic nitrogens is 2. The summed E-state index contributed by atoms with van der Waals surface area (Å²) in [5, 5.41) is 18.7. The minimum Gasteiger partial charge on any atom is -0.504 e. The van der Waals surface area contributed by atoms with Crippen molar-refractivity contribution in [3.05, 3.63) is 40.7 Å². The minimum absolute atomic E-state index is 0.148. The Bertz CT molecular complexity index is 900. The molecule has 0 radical (unpaired) electrons. The van der Waals surface area contributed by atoms with Gasteiger partial charge in [0.05, 0.1) is 18.5 Å². The molecule has 1 heterocycles. The second-order valence-corrected chi connectivity index (χ2v) is 5.55. The van der Waals surface area contributed by atoms with Gasteiger partial charge < -0.3 is 19.7 Å². The number of aryl methyl sites for hydroxylation is 2. The topological polar surface area (TPSA) is 84.7 Å². The summed E-state index contributed by atoms with van der Waals surface area (Å²) in [6.45, 7) is 4.05. The molecule has 0 saturated carbocycles. The van der Waals surface area contributed by atoms with Crippen LogP contribution in [0.3, 0.4) is 0 Å². The van der Waals surface area contributed by atoms with Crippen LogP contribution in [0.5, 0.6) is 6.01 Å². The molecular formula is C19H18N2O4. The number of hydrogen-bond acceptors (Lipinski definition) is 6. The van der Waals surface area contributed by atoms with Gasteiger partial charge in [-0.1, -0.05) is 24.1 Å². The highest BCUT2D eigenvalue weighted by molar-refractivity contribution is 6.03. The average Bonchev–Trinajstić information content (AvgIpc) is 2.58. The number of ether oxygens (including phenoxy) is 2. The van der Waals surface area contributed by atoms with Gasteiger partial charge in [0.2, 0.25) is 0 Å². The number of aliphatic hydroxyl groups excluding tert-OH is 2. The van der Waals surface area contributed by atoms with Gasteiger partial charge in [-0.15, -0.1) is 0 Å². The first-order valence-electron chi connectivity index (χ1n) is 7.79. The van der Waals surface area contributed by atoms with Gasteiger partial charge in [0, 0.05) is 23.1 Å². The van der Waals surface area contributed by atoms with Crippen molar-refractivity contribution >= 4 is 11.5 Å². The Morgan fingerprint density at radius 2 is 1.76 bits per heavy atom. The fourth-order valence-corrected chi connectivity index (χ4v) is 2.98. The van der Waals surface area contributed by atoms with Crippen LogP contribution in [0.25, 0.3) is 22.6 Å². The number of fused-ring (bicyclic) bond motifs is 1. The van der Waals surface area contributed by atoms with Gasteiger partial charge in [0.15, 0.2) is 11.5 Å². The molecule has 6 heteroatoms. The molecule has 0 saturated heterocycles. The molecule has 0 unspecified atom stereocenters. The summed E-state index contributed by atoms with van der Waals surface area (Å²) in [5.41, 5.74) is 4.86. The SMILES string of the molecule is COC1=C(O)c2c1cccc2-c1c(C)nc(OCCC#CO)nc1C. The normalized spacial score (nSPS) is 12.0.